The minimum atomic E-state index is 0.202. The predicted octanol–water partition coefficient (Wildman–Crippen LogP) is 3.47. The number of Topliss-reactive ketones (excluding diaryl/α,β-unsaturated/α-hetero) is 1. The molecule has 0 atom stereocenters. The summed E-state index contributed by atoms with van der Waals surface area (Å²) in [5.41, 5.74) is 0.766. The van der Waals surface area contributed by atoms with E-state index in [1.54, 1.807) is 12.1 Å². The molecule has 0 bridgehead atoms. The van der Waals surface area contributed by atoms with E-state index in [2.05, 4.69) is 9.80 Å². The molecule has 0 spiro atoms. The van der Waals surface area contributed by atoms with Crippen molar-refractivity contribution in [2.75, 3.05) is 32.7 Å². The van der Waals surface area contributed by atoms with Gasteiger partial charge in [0.2, 0.25) is 0 Å². The highest BCUT2D eigenvalue weighted by Crippen LogP contribution is 2.21. The summed E-state index contributed by atoms with van der Waals surface area (Å²) in [6, 6.07) is 7.97. The van der Waals surface area contributed by atoms with Gasteiger partial charge in [-0.05, 0) is 63.0 Å². The maximum absolute atomic E-state index is 12.3. The summed E-state index contributed by atoms with van der Waals surface area (Å²) in [5, 5.41) is 0.680. The Hall–Kier alpha value is -0.900. The summed E-state index contributed by atoms with van der Waals surface area (Å²) in [5.74, 6) is 0.202. The molecule has 3 nitrogen and oxygen atoms in total. The lowest BCUT2D eigenvalue weighted by Crippen LogP contribution is -2.47. The maximum atomic E-state index is 12.3. The van der Waals surface area contributed by atoms with E-state index >= 15 is 0 Å². The molecule has 2 fully saturated rings. The first kappa shape index (κ1) is 16.0. The van der Waals surface area contributed by atoms with Gasteiger partial charge >= 0.3 is 0 Å². The number of hydrogen-bond donors (Lipinski definition) is 0. The van der Waals surface area contributed by atoms with Crippen molar-refractivity contribution in [3.05, 3.63) is 34.9 Å². The van der Waals surface area contributed by atoms with Crippen LogP contribution >= 0.6 is 11.6 Å². The average Bonchev–Trinajstić information content (AvgIpc) is 2.57. The molecule has 2 aliphatic rings. The van der Waals surface area contributed by atoms with Crippen molar-refractivity contribution in [3.8, 4) is 0 Å². The van der Waals surface area contributed by atoms with Crippen LogP contribution in [0.2, 0.25) is 5.02 Å². The van der Waals surface area contributed by atoms with Crippen molar-refractivity contribution in [2.45, 2.75) is 38.1 Å². The van der Waals surface area contributed by atoms with Crippen molar-refractivity contribution < 1.29 is 4.79 Å². The van der Waals surface area contributed by atoms with Crippen LogP contribution in [-0.4, -0.2) is 54.3 Å². The number of likely N-dealkylation sites (tertiary alicyclic amines) is 2. The molecule has 3 rings (SSSR count). The van der Waals surface area contributed by atoms with Gasteiger partial charge in [0.05, 0.1) is 6.54 Å². The largest absolute Gasteiger partial charge is 0.300 e. The molecule has 22 heavy (non-hydrogen) atoms. The van der Waals surface area contributed by atoms with E-state index in [-0.39, 0.29) is 5.78 Å². The molecule has 2 heterocycles. The van der Waals surface area contributed by atoms with Crippen molar-refractivity contribution in [2.24, 2.45) is 0 Å². The van der Waals surface area contributed by atoms with Crippen LogP contribution in [0.5, 0.6) is 0 Å². The highest BCUT2D eigenvalue weighted by molar-refractivity contribution is 6.30. The Morgan fingerprint density at radius 1 is 1.00 bits per heavy atom. The number of piperidine rings is 2. The molecular formula is C18H25ClN2O. The topological polar surface area (TPSA) is 23.6 Å². The number of ketones is 1. The summed E-state index contributed by atoms with van der Waals surface area (Å²) in [4.78, 5) is 17.3. The van der Waals surface area contributed by atoms with Crippen molar-refractivity contribution in [3.63, 3.8) is 0 Å². The molecule has 0 aliphatic carbocycles. The fraction of sp³-hybridized carbons (Fsp3) is 0.611. The second-order valence-electron chi connectivity index (χ2n) is 6.53. The molecule has 1 aromatic carbocycles. The summed E-state index contributed by atoms with van der Waals surface area (Å²) >= 11 is 5.87. The quantitative estimate of drug-likeness (QED) is 0.794. The molecule has 0 radical (unpaired) electrons. The molecule has 0 unspecified atom stereocenters. The Morgan fingerprint density at radius 3 is 2.27 bits per heavy atom. The first-order valence-corrected chi connectivity index (χ1v) is 8.85. The molecule has 0 aromatic heterocycles. The van der Waals surface area contributed by atoms with E-state index in [1.165, 1.54) is 45.2 Å². The third kappa shape index (κ3) is 4.09. The van der Waals surface area contributed by atoms with Crippen LogP contribution in [0.15, 0.2) is 24.3 Å². The van der Waals surface area contributed by atoms with Gasteiger partial charge in [0.15, 0.2) is 5.78 Å². The predicted molar refractivity (Wildman–Crippen MR) is 90.7 cm³/mol. The third-order valence-electron chi connectivity index (χ3n) is 5.00. The molecule has 120 valence electrons. The zero-order valence-electron chi connectivity index (χ0n) is 13.1. The Bertz CT molecular complexity index is 488. The number of hydrogen-bond acceptors (Lipinski definition) is 3. The van der Waals surface area contributed by atoms with E-state index < -0.39 is 0 Å². The Labute approximate surface area is 138 Å². The van der Waals surface area contributed by atoms with Crippen LogP contribution in [-0.2, 0) is 0 Å². The molecule has 1 aromatic rings. The van der Waals surface area contributed by atoms with Crippen LogP contribution in [0, 0.1) is 0 Å². The fourth-order valence-corrected chi connectivity index (χ4v) is 3.78. The third-order valence-corrected chi connectivity index (χ3v) is 5.25. The van der Waals surface area contributed by atoms with Crippen LogP contribution < -0.4 is 0 Å². The zero-order chi connectivity index (χ0) is 15.4. The molecule has 0 saturated carbocycles. The minimum absolute atomic E-state index is 0.202. The fourth-order valence-electron chi connectivity index (χ4n) is 3.66. The van der Waals surface area contributed by atoms with Crippen molar-refractivity contribution in [1.82, 2.24) is 9.80 Å². The highest BCUT2D eigenvalue weighted by Gasteiger charge is 2.26. The zero-order valence-corrected chi connectivity index (χ0v) is 13.9. The summed E-state index contributed by atoms with van der Waals surface area (Å²) in [6.45, 7) is 5.16. The smallest absolute Gasteiger partial charge is 0.176 e. The molecule has 2 aliphatic heterocycles. The summed E-state index contributed by atoms with van der Waals surface area (Å²) in [6.07, 6.45) is 6.51. The number of carbonyl (C=O) groups excluding carboxylic acids is 1. The molecule has 4 heteroatoms. The van der Waals surface area contributed by atoms with E-state index in [1.807, 2.05) is 12.1 Å². The van der Waals surface area contributed by atoms with E-state index in [9.17, 15) is 4.79 Å². The monoisotopic (exact) mass is 320 g/mol. The van der Waals surface area contributed by atoms with Gasteiger partial charge in [-0.25, -0.2) is 0 Å². The lowest BCUT2D eigenvalue weighted by Gasteiger charge is -2.40. The lowest BCUT2D eigenvalue weighted by molar-refractivity contribution is 0.0775. The van der Waals surface area contributed by atoms with Gasteiger partial charge in [-0.15, -0.1) is 0 Å². The number of halogens is 1. The second kappa shape index (κ2) is 7.58. The summed E-state index contributed by atoms with van der Waals surface area (Å²) in [7, 11) is 0. The highest BCUT2D eigenvalue weighted by atomic mass is 35.5. The van der Waals surface area contributed by atoms with E-state index in [0.717, 1.165) is 24.7 Å². The van der Waals surface area contributed by atoms with Crippen LogP contribution in [0.4, 0.5) is 0 Å². The van der Waals surface area contributed by atoms with E-state index in [0.29, 0.717) is 11.6 Å². The maximum Gasteiger partial charge on any atom is 0.176 e. The number of rotatable bonds is 4. The van der Waals surface area contributed by atoms with Gasteiger partial charge in [-0.2, -0.15) is 0 Å². The van der Waals surface area contributed by atoms with Crippen molar-refractivity contribution in [1.29, 1.82) is 0 Å². The molecule has 2 saturated heterocycles. The lowest BCUT2D eigenvalue weighted by atomic mass is 9.99. The molecule has 0 N–H and O–H groups in total. The standard InChI is InChI=1S/C18H25ClN2O/c19-16-6-4-15(5-7-16)18(22)14-20-12-8-17(9-13-20)21-10-2-1-3-11-21/h4-7,17H,1-3,8-14H2. The minimum Gasteiger partial charge on any atom is -0.300 e. The van der Waals surface area contributed by atoms with Gasteiger partial charge in [0.1, 0.15) is 0 Å². The van der Waals surface area contributed by atoms with Gasteiger partial charge in [0, 0.05) is 29.7 Å². The van der Waals surface area contributed by atoms with Gasteiger partial charge < -0.3 is 4.90 Å². The first-order chi connectivity index (χ1) is 10.7. The van der Waals surface area contributed by atoms with Crippen LogP contribution in [0.1, 0.15) is 42.5 Å². The van der Waals surface area contributed by atoms with Crippen molar-refractivity contribution >= 4 is 17.4 Å². The van der Waals surface area contributed by atoms with Crippen LogP contribution in [0.25, 0.3) is 0 Å². The second-order valence-corrected chi connectivity index (χ2v) is 6.97. The van der Waals surface area contributed by atoms with Gasteiger partial charge in [0.25, 0.3) is 0 Å². The Balaban J connectivity index is 1.47. The molecular weight excluding hydrogens is 296 g/mol. The number of benzene rings is 1. The Kier molecular flexibility index (Phi) is 5.51. The number of carbonyl (C=O) groups is 1. The van der Waals surface area contributed by atoms with Gasteiger partial charge in [-0.3, -0.25) is 9.69 Å². The molecule has 0 amide bonds. The average molecular weight is 321 g/mol. The van der Waals surface area contributed by atoms with E-state index in [4.69, 9.17) is 11.6 Å². The summed E-state index contributed by atoms with van der Waals surface area (Å²) < 4.78 is 0. The van der Waals surface area contributed by atoms with Crippen LogP contribution in [0.3, 0.4) is 0 Å². The van der Waals surface area contributed by atoms with Gasteiger partial charge in [-0.1, -0.05) is 18.0 Å². The Morgan fingerprint density at radius 2 is 1.64 bits per heavy atom. The number of nitrogens with zero attached hydrogens (tertiary/aromatic N) is 2. The normalized spacial score (nSPS) is 21.9. The first-order valence-electron chi connectivity index (χ1n) is 8.47. The SMILES string of the molecule is O=C(CN1CCC(N2CCCCC2)CC1)c1ccc(Cl)cc1.